The average molecular weight is 474 g/mol. The number of anilines is 2. The molecular weight excluding hydrogens is 452 g/mol. The number of rotatable bonds is 8. The van der Waals surface area contributed by atoms with Gasteiger partial charge in [-0.1, -0.05) is 18.2 Å². The maximum atomic E-state index is 13.6. The number of amides is 2. The highest BCUT2D eigenvalue weighted by Gasteiger charge is 2.34. The number of aryl methyl sites for hydroxylation is 1. The van der Waals surface area contributed by atoms with Crippen molar-refractivity contribution in [3.63, 3.8) is 0 Å². The Bertz CT molecular complexity index is 1160. The van der Waals surface area contributed by atoms with Crippen molar-refractivity contribution in [2.45, 2.75) is 25.9 Å². The molecule has 0 atom stereocenters. The van der Waals surface area contributed by atoms with Crippen molar-refractivity contribution in [1.82, 2.24) is 0 Å². The van der Waals surface area contributed by atoms with Crippen LogP contribution in [-0.4, -0.2) is 18.4 Å². The number of hydrogen-bond acceptors (Lipinski definition) is 3. The molecule has 0 saturated carbocycles. The molecule has 0 bridgehead atoms. The Balaban J connectivity index is 1.62. The molecule has 3 aromatic rings. The predicted octanol–water partition coefficient (Wildman–Crippen LogP) is 6.20. The van der Waals surface area contributed by atoms with E-state index in [-0.39, 0.29) is 24.3 Å². The second-order valence-corrected chi connectivity index (χ2v) is 7.48. The monoisotopic (exact) mass is 474 g/mol. The highest BCUT2D eigenvalue weighted by atomic mass is 19.4. The Kier molecular flexibility index (Phi) is 7.88. The first-order valence-corrected chi connectivity index (χ1v) is 10.4. The highest BCUT2D eigenvalue weighted by Crippen LogP contribution is 2.36. The molecule has 3 aromatic carbocycles. The fourth-order valence-electron chi connectivity index (χ4n) is 3.12. The summed E-state index contributed by atoms with van der Waals surface area (Å²) in [6.07, 6.45) is -4.49. The van der Waals surface area contributed by atoms with Crippen molar-refractivity contribution in [2.75, 3.05) is 17.2 Å². The van der Waals surface area contributed by atoms with E-state index in [1.54, 1.807) is 6.07 Å². The summed E-state index contributed by atoms with van der Waals surface area (Å²) in [5.41, 5.74) is -0.620. The number of alkyl halides is 3. The standard InChI is InChI=1S/C25H22F4N2O3/c1-16-5-2-3-6-22(16)34-14-4-7-23(32)31-21-13-12-19(15-20(21)25(27,28)29)30-24(33)17-8-10-18(26)11-9-17/h2-3,5-6,8-13,15H,4,7,14H2,1H3,(H,30,33)(H,31,32). The Morgan fingerprint density at radius 2 is 1.65 bits per heavy atom. The van der Waals surface area contributed by atoms with E-state index in [0.29, 0.717) is 12.2 Å². The number of carbonyl (C=O) groups is 2. The van der Waals surface area contributed by atoms with E-state index in [0.717, 1.165) is 29.8 Å². The minimum Gasteiger partial charge on any atom is -0.493 e. The SMILES string of the molecule is Cc1ccccc1OCCCC(=O)Nc1ccc(NC(=O)c2ccc(F)cc2)cc1C(F)(F)F. The topological polar surface area (TPSA) is 67.4 Å². The summed E-state index contributed by atoms with van der Waals surface area (Å²) in [5.74, 6) is -1.15. The van der Waals surface area contributed by atoms with Crippen molar-refractivity contribution >= 4 is 23.2 Å². The quantitative estimate of drug-likeness (QED) is 0.302. The first kappa shape index (κ1) is 24.8. The highest BCUT2D eigenvalue weighted by molar-refractivity contribution is 6.04. The number of halogens is 4. The lowest BCUT2D eigenvalue weighted by atomic mass is 10.1. The molecule has 9 heteroatoms. The van der Waals surface area contributed by atoms with Gasteiger partial charge in [0.1, 0.15) is 11.6 Å². The van der Waals surface area contributed by atoms with Crippen LogP contribution in [0, 0.1) is 12.7 Å². The zero-order valence-corrected chi connectivity index (χ0v) is 18.2. The van der Waals surface area contributed by atoms with Crippen molar-refractivity contribution in [1.29, 1.82) is 0 Å². The van der Waals surface area contributed by atoms with Gasteiger partial charge in [0.2, 0.25) is 5.91 Å². The second-order valence-electron chi connectivity index (χ2n) is 7.48. The molecule has 2 amide bonds. The number of nitrogens with one attached hydrogen (secondary N) is 2. The van der Waals surface area contributed by atoms with Gasteiger partial charge in [-0.25, -0.2) is 4.39 Å². The van der Waals surface area contributed by atoms with Gasteiger partial charge >= 0.3 is 6.18 Å². The number of carbonyl (C=O) groups excluding carboxylic acids is 2. The Morgan fingerprint density at radius 1 is 0.941 bits per heavy atom. The molecule has 0 spiro atoms. The fourth-order valence-corrected chi connectivity index (χ4v) is 3.12. The van der Waals surface area contributed by atoms with Gasteiger partial charge in [-0.3, -0.25) is 9.59 Å². The molecule has 0 heterocycles. The van der Waals surface area contributed by atoms with E-state index in [2.05, 4.69) is 10.6 Å². The third-order valence-electron chi connectivity index (χ3n) is 4.86. The maximum absolute atomic E-state index is 13.6. The van der Waals surface area contributed by atoms with Gasteiger partial charge in [0.25, 0.3) is 5.91 Å². The molecule has 5 nitrogen and oxygen atoms in total. The second kappa shape index (κ2) is 10.8. The zero-order valence-electron chi connectivity index (χ0n) is 18.2. The third kappa shape index (κ3) is 6.81. The van der Waals surface area contributed by atoms with Crippen LogP contribution < -0.4 is 15.4 Å². The molecule has 34 heavy (non-hydrogen) atoms. The molecule has 178 valence electrons. The molecule has 0 aromatic heterocycles. The number of ether oxygens (including phenoxy) is 1. The Hall–Kier alpha value is -3.88. The maximum Gasteiger partial charge on any atom is 0.418 e. The largest absolute Gasteiger partial charge is 0.493 e. The molecule has 0 saturated heterocycles. The van der Waals surface area contributed by atoms with Crippen LogP contribution in [0.3, 0.4) is 0 Å². The van der Waals surface area contributed by atoms with Gasteiger partial charge < -0.3 is 15.4 Å². The van der Waals surface area contributed by atoms with Gasteiger partial charge in [-0.15, -0.1) is 0 Å². The summed E-state index contributed by atoms with van der Waals surface area (Å²) < 4.78 is 59.4. The van der Waals surface area contributed by atoms with Crippen molar-refractivity contribution in [3.8, 4) is 5.75 Å². The van der Waals surface area contributed by atoms with E-state index >= 15 is 0 Å². The fraction of sp³-hybridized carbons (Fsp3) is 0.200. The van der Waals surface area contributed by atoms with Crippen LogP contribution >= 0.6 is 0 Å². The van der Waals surface area contributed by atoms with Crippen LogP contribution in [0.5, 0.6) is 5.75 Å². The van der Waals surface area contributed by atoms with Crippen LogP contribution in [0.15, 0.2) is 66.7 Å². The number of para-hydroxylation sites is 1. The molecule has 3 rings (SSSR count). The summed E-state index contributed by atoms with van der Waals surface area (Å²) in [6.45, 7) is 2.12. The van der Waals surface area contributed by atoms with Gasteiger partial charge in [0.15, 0.2) is 0 Å². The lowest BCUT2D eigenvalue weighted by molar-refractivity contribution is -0.136. The molecule has 2 N–H and O–H groups in total. The lowest BCUT2D eigenvalue weighted by Gasteiger charge is -2.16. The zero-order chi connectivity index (χ0) is 24.7. The molecule has 0 radical (unpaired) electrons. The summed E-state index contributed by atoms with van der Waals surface area (Å²) in [5, 5.41) is 4.62. The Morgan fingerprint density at radius 3 is 2.32 bits per heavy atom. The first-order valence-electron chi connectivity index (χ1n) is 10.4. The molecule has 0 fully saturated rings. The minimum atomic E-state index is -4.77. The number of hydrogen-bond donors (Lipinski definition) is 2. The summed E-state index contributed by atoms with van der Waals surface area (Å²) in [4.78, 5) is 24.4. The predicted molar refractivity (Wildman–Crippen MR) is 120 cm³/mol. The van der Waals surface area contributed by atoms with Crippen molar-refractivity contribution in [2.24, 2.45) is 0 Å². The molecule has 0 aliphatic carbocycles. The van der Waals surface area contributed by atoms with E-state index in [1.165, 1.54) is 18.2 Å². The molecular formula is C25H22F4N2O3. The van der Waals surface area contributed by atoms with Gasteiger partial charge in [-0.05, 0) is 67.4 Å². The first-order chi connectivity index (χ1) is 16.1. The normalized spacial score (nSPS) is 11.1. The van der Waals surface area contributed by atoms with Crippen LogP contribution in [-0.2, 0) is 11.0 Å². The van der Waals surface area contributed by atoms with Crippen LogP contribution in [0.4, 0.5) is 28.9 Å². The van der Waals surface area contributed by atoms with E-state index in [1.807, 2.05) is 25.1 Å². The summed E-state index contributed by atoms with van der Waals surface area (Å²) in [6, 6.07) is 15.0. The van der Waals surface area contributed by atoms with E-state index < -0.39 is 35.1 Å². The summed E-state index contributed by atoms with van der Waals surface area (Å²) in [7, 11) is 0. The van der Waals surface area contributed by atoms with E-state index in [4.69, 9.17) is 4.74 Å². The van der Waals surface area contributed by atoms with Crippen LogP contribution in [0.2, 0.25) is 0 Å². The number of benzene rings is 3. The molecule has 0 unspecified atom stereocenters. The van der Waals surface area contributed by atoms with Crippen LogP contribution in [0.1, 0.15) is 34.3 Å². The summed E-state index contributed by atoms with van der Waals surface area (Å²) >= 11 is 0. The van der Waals surface area contributed by atoms with Crippen LogP contribution in [0.25, 0.3) is 0 Å². The lowest BCUT2D eigenvalue weighted by Crippen LogP contribution is -2.18. The smallest absolute Gasteiger partial charge is 0.418 e. The Labute approximate surface area is 193 Å². The van der Waals surface area contributed by atoms with Gasteiger partial charge in [0, 0.05) is 17.7 Å². The molecule has 0 aliphatic rings. The third-order valence-corrected chi connectivity index (χ3v) is 4.86. The minimum absolute atomic E-state index is 0.0355. The molecule has 0 aliphatic heterocycles. The van der Waals surface area contributed by atoms with Gasteiger partial charge in [-0.2, -0.15) is 13.2 Å². The van der Waals surface area contributed by atoms with Crippen molar-refractivity contribution in [3.05, 3.63) is 89.2 Å². The average Bonchev–Trinajstić information content (AvgIpc) is 2.78. The van der Waals surface area contributed by atoms with E-state index in [9.17, 15) is 27.2 Å². The van der Waals surface area contributed by atoms with Crippen molar-refractivity contribution < 1.29 is 31.9 Å². The van der Waals surface area contributed by atoms with Gasteiger partial charge in [0.05, 0.1) is 17.9 Å².